The van der Waals surface area contributed by atoms with Gasteiger partial charge in [0.25, 0.3) is 0 Å². The van der Waals surface area contributed by atoms with Crippen molar-refractivity contribution in [3.63, 3.8) is 0 Å². The third kappa shape index (κ3) is 6.65. The molecule has 8 nitrogen and oxygen atoms in total. The number of rotatable bonds is 6. The maximum atomic E-state index is 11.4. The number of piperidine rings is 1. The first-order valence-electron chi connectivity index (χ1n) is 11.5. The average Bonchev–Trinajstić information content (AvgIpc) is 2.81. The Kier molecular flexibility index (Phi) is 8.86. The standard InChI is InChI=1S/C22H26BrN5O3S.C2H6/c1-14(2)28-9-7-18(8-10-28)31-20-12-16(23)11-15-13-25-22(27-21(15)20)26-17-3-5-19(6-4-17)32(24,29)30;1-2/h3-6,11-14,18H,7-10H2,1-2H3,(H2,24,29,30)(H,25,26,27);1-2H3. The third-order valence-electron chi connectivity index (χ3n) is 5.55. The van der Waals surface area contributed by atoms with Crippen LogP contribution in [0, 0.1) is 0 Å². The second-order valence-corrected chi connectivity index (χ2v) is 10.7. The Bertz CT molecular complexity index is 1210. The van der Waals surface area contributed by atoms with Crippen LogP contribution < -0.4 is 15.2 Å². The molecular formula is C24H32BrN5O3S. The largest absolute Gasteiger partial charge is 0.488 e. The van der Waals surface area contributed by atoms with Crippen LogP contribution in [0.2, 0.25) is 0 Å². The van der Waals surface area contributed by atoms with Gasteiger partial charge in [-0.1, -0.05) is 29.8 Å². The first-order chi connectivity index (χ1) is 16.2. The topological polar surface area (TPSA) is 110 Å². The zero-order valence-electron chi connectivity index (χ0n) is 20.0. The molecule has 0 saturated carbocycles. The van der Waals surface area contributed by atoms with Gasteiger partial charge in [0.05, 0.1) is 4.90 Å². The number of halogens is 1. The number of likely N-dealkylation sites (tertiary alicyclic amines) is 1. The molecule has 2 aromatic carbocycles. The predicted octanol–water partition coefficient (Wildman–Crippen LogP) is 5.06. The lowest BCUT2D eigenvalue weighted by molar-refractivity contribution is 0.0851. The number of hydrogen-bond donors (Lipinski definition) is 2. The fraction of sp³-hybridized carbons (Fsp3) is 0.417. The van der Waals surface area contributed by atoms with Gasteiger partial charge in [0.15, 0.2) is 0 Å². The van der Waals surface area contributed by atoms with E-state index >= 15 is 0 Å². The van der Waals surface area contributed by atoms with E-state index in [1.54, 1.807) is 18.3 Å². The van der Waals surface area contributed by atoms with E-state index in [2.05, 4.69) is 50.0 Å². The molecule has 184 valence electrons. The summed E-state index contributed by atoms with van der Waals surface area (Å²) in [5.41, 5.74) is 1.37. The first kappa shape index (κ1) is 26.3. The molecule has 1 aliphatic heterocycles. The molecule has 0 aliphatic carbocycles. The number of ether oxygens (including phenoxy) is 1. The summed E-state index contributed by atoms with van der Waals surface area (Å²) in [5, 5.41) is 9.13. The predicted molar refractivity (Wildman–Crippen MR) is 140 cm³/mol. The van der Waals surface area contributed by atoms with Crippen LogP contribution >= 0.6 is 15.9 Å². The maximum Gasteiger partial charge on any atom is 0.238 e. The molecule has 0 unspecified atom stereocenters. The molecule has 3 aromatic rings. The quantitative estimate of drug-likeness (QED) is 0.441. The molecule has 3 N–H and O–H groups in total. The van der Waals surface area contributed by atoms with Crippen molar-refractivity contribution < 1.29 is 13.2 Å². The molecule has 34 heavy (non-hydrogen) atoms. The molecule has 0 bridgehead atoms. The molecule has 1 saturated heterocycles. The van der Waals surface area contributed by atoms with Gasteiger partial charge < -0.3 is 15.0 Å². The lowest BCUT2D eigenvalue weighted by Gasteiger charge is -2.34. The van der Waals surface area contributed by atoms with Crippen LogP contribution in [0.4, 0.5) is 11.6 Å². The summed E-state index contributed by atoms with van der Waals surface area (Å²) in [6.07, 6.45) is 3.82. The van der Waals surface area contributed by atoms with Crippen molar-refractivity contribution in [3.05, 3.63) is 47.1 Å². The minimum Gasteiger partial charge on any atom is -0.488 e. The van der Waals surface area contributed by atoms with Gasteiger partial charge in [0, 0.05) is 40.9 Å². The van der Waals surface area contributed by atoms with Crippen molar-refractivity contribution in [1.29, 1.82) is 0 Å². The highest BCUT2D eigenvalue weighted by atomic mass is 79.9. The Morgan fingerprint density at radius 1 is 1.15 bits per heavy atom. The van der Waals surface area contributed by atoms with E-state index in [0.717, 1.165) is 41.3 Å². The summed E-state index contributed by atoms with van der Waals surface area (Å²) < 4.78 is 30.2. The van der Waals surface area contributed by atoms with Crippen molar-refractivity contribution in [1.82, 2.24) is 14.9 Å². The van der Waals surface area contributed by atoms with E-state index < -0.39 is 10.0 Å². The highest BCUT2D eigenvalue weighted by Crippen LogP contribution is 2.32. The SMILES string of the molecule is CC.CC(C)N1CCC(Oc2cc(Br)cc3cnc(Nc4ccc(S(N)(=O)=O)cc4)nc23)CC1. The first-order valence-corrected chi connectivity index (χ1v) is 13.8. The summed E-state index contributed by atoms with van der Waals surface area (Å²) in [6.45, 7) is 10.5. The van der Waals surface area contributed by atoms with E-state index in [-0.39, 0.29) is 11.0 Å². The Morgan fingerprint density at radius 2 is 1.79 bits per heavy atom. The van der Waals surface area contributed by atoms with E-state index in [4.69, 9.17) is 9.88 Å². The molecule has 1 fully saturated rings. The van der Waals surface area contributed by atoms with Crippen molar-refractivity contribution in [3.8, 4) is 5.75 Å². The number of nitrogens with two attached hydrogens (primary N) is 1. The van der Waals surface area contributed by atoms with E-state index in [0.29, 0.717) is 23.4 Å². The lowest BCUT2D eigenvalue weighted by atomic mass is 10.1. The van der Waals surface area contributed by atoms with E-state index in [1.165, 1.54) is 12.1 Å². The molecule has 0 radical (unpaired) electrons. The van der Waals surface area contributed by atoms with Crippen LogP contribution in [0.1, 0.15) is 40.5 Å². The molecule has 1 aliphatic rings. The Hall–Kier alpha value is -2.27. The highest BCUT2D eigenvalue weighted by Gasteiger charge is 2.23. The van der Waals surface area contributed by atoms with Crippen LogP contribution in [0.25, 0.3) is 10.9 Å². The van der Waals surface area contributed by atoms with Crippen LogP contribution in [-0.4, -0.2) is 48.5 Å². The minimum atomic E-state index is -3.74. The number of sulfonamides is 1. The number of fused-ring (bicyclic) bond motifs is 1. The molecule has 4 rings (SSSR count). The average molecular weight is 551 g/mol. The number of aromatic nitrogens is 2. The van der Waals surface area contributed by atoms with Crippen molar-refractivity contribution in [2.75, 3.05) is 18.4 Å². The van der Waals surface area contributed by atoms with Crippen LogP contribution in [-0.2, 0) is 10.0 Å². The van der Waals surface area contributed by atoms with Gasteiger partial charge in [-0.15, -0.1) is 0 Å². The summed E-state index contributed by atoms with van der Waals surface area (Å²) in [5.74, 6) is 1.11. The fourth-order valence-corrected chi connectivity index (χ4v) is 4.74. The molecular weight excluding hydrogens is 518 g/mol. The highest BCUT2D eigenvalue weighted by molar-refractivity contribution is 9.10. The number of hydrogen-bond acceptors (Lipinski definition) is 7. The second-order valence-electron chi connectivity index (χ2n) is 8.18. The van der Waals surface area contributed by atoms with Gasteiger partial charge >= 0.3 is 0 Å². The molecule has 2 heterocycles. The van der Waals surface area contributed by atoms with Gasteiger partial charge in [-0.05, 0) is 63.1 Å². The number of nitrogens with zero attached hydrogens (tertiary/aromatic N) is 3. The summed E-state index contributed by atoms with van der Waals surface area (Å²) in [4.78, 5) is 11.6. The molecule has 0 spiro atoms. The fourth-order valence-electron chi connectivity index (χ4n) is 3.77. The third-order valence-corrected chi connectivity index (χ3v) is 6.94. The molecule has 0 atom stereocenters. The minimum absolute atomic E-state index is 0.0477. The number of primary sulfonamides is 1. The molecule has 1 aromatic heterocycles. The zero-order chi connectivity index (χ0) is 24.9. The van der Waals surface area contributed by atoms with Crippen LogP contribution in [0.15, 0.2) is 52.0 Å². The number of benzene rings is 2. The number of anilines is 2. The summed E-state index contributed by atoms with van der Waals surface area (Å²) in [7, 11) is -3.74. The van der Waals surface area contributed by atoms with Crippen molar-refractivity contribution in [2.24, 2.45) is 5.14 Å². The van der Waals surface area contributed by atoms with Crippen molar-refractivity contribution in [2.45, 2.75) is 57.6 Å². The Morgan fingerprint density at radius 3 is 2.38 bits per heavy atom. The van der Waals surface area contributed by atoms with Gasteiger partial charge in [-0.25, -0.2) is 23.5 Å². The molecule has 10 heteroatoms. The normalized spacial score (nSPS) is 15.1. The van der Waals surface area contributed by atoms with Crippen molar-refractivity contribution >= 4 is 48.5 Å². The Balaban J connectivity index is 0.00000158. The van der Waals surface area contributed by atoms with Gasteiger partial charge in [-0.3, -0.25) is 0 Å². The monoisotopic (exact) mass is 549 g/mol. The number of nitrogens with one attached hydrogen (secondary N) is 1. The smallest absolute Gasteiger partial charge is 0.238 e. The van der Waals surface area contributed by atoms with Crippen LogP contribution in [0.3, 0.4) is 0 Å². The summed E-state index contributed by atoms with van der Waals surface area (Å²) in [6, 6.07) is 10.6. The van der Waals surface area contributed by atoms with Crippen LogP contribution in [0.5, 0.6) is 5.75 Å². The van der Waals surface area contributed by atoms with E-state index in [9.17, 15) is 8.42 Å². The lowest BCUT2D eigenvalue weighted by Crippen LogP contribution is -2.41. The summed E-state index contributed by atoms with van der Waals surface area (Å²) >= 11 is 3.55. The molecule has 0 amide bonds. The Labute approximate surface area is 210 Å². The second kappa shape index (κ2) is 11.4. The van der Waals surface area contributed by atoms with Gasteiger partial charge in [-0.2, -0.15) is 0 Å². The van der Waals surface area contributed by atoms with Gasteiger partial charge in [0.1, 0.15) is 17.4 Å². The maximum absolute atomic E-state index is 11.4. The van der Waals surface area contributed by atoms with E-state index in [1.807, 2.05) is 26.0 Å². The van der Waals surface area contributed by atoms with Gasteiger partial charge in [0.2, 0.25) is 16.0 Å². The zero-order valence-corrected chi connectivity index (χ0v) is 22.4.